The molecule has 3 heteroatoms. The summed E-state index contributed by atoms with van der Waals surface area (Å²) in [6.07, 6.45) is 4.12. The fraction of sp³-hybridized carbons (Fsp3) is 0.588. The lowest BCUT2D eigenvalue weighted by Crippen LogP contribution is -2.45. The van der Waals surface area contributed by atoms with E-state index in [1.807, 2.05) is 11.9 Å². The summed E-state index contributed by atoms with van der Waals surface area (Å²) in [4.78, 5) is 14.7. The quantitative estimate of drug-likeness (QED) is 0.917. The van der Waals surface area contributed by atoms with E-state index < -0.39 is 0 Å². The van der Waals surface area contributed by atoms with Gasteiger partial charge < -0.3 is 10.6 Å². The van der Waals surface area contributed by atoms with Gasteiger partial charge in [-0.3, -0.25) is 4.79 Å². The van der Waals surface area contributed by atoms with Crippen LogP contribution in [0.2, 0.25) is 0 Å². The van der Waals surface area contributed by atoms with Gasteiger partial charge in [-0.05, 0) is 32.3 Å². The Kier molecular flexibility index (Phi) is 4.48. The highest BCUT2D eigenvalue weighted by molar-refractivity contribution is 5.83. The molecule has 0 aliphatic heterocycles. The predicted molar refractivity (Wildman–Crippen MR) is 82.3 cm³/mol. The first-order valence-electron chi connectivity index (χ1n) is 7.54. The molecule has 0 aromatic heterocycles. The number of rotatable bonds is 4. The SMILES string of the molecule is Cc1ccc(C(C)N(C)C(=O)C2(CN)CCCC2)cc1. The number of amides is 1. The third kappa shape index (κ3) is 2.73. The number of hydrogen-bond donors (Lipinski definition) is 1. The zero-order valence-corrected chi connectivity index (χ0v) is 12.9. The zero-order chi connectivity index (χ0) is 14.8. The summed E-state index contributed by atoms with van der Waals surface area (Å²) in [6.45, 7) is 4.63. The molecular weight excluding hydrogens is 248 g/mol. The maximum Gasteiger partial charge on any atom is 0.230 e. The Balaban J connectivity index is 2.15. The first-order valence-corrected chi connectivity index (χ1v) is 7.54. The van der Waals surface area contributed by atoms with E-state index in [4.69, 9.17) is 5.73 Å². The number of nitrogens with two attached hydrogens (primary N) is 1. The molecule has 1 saturated carbocycles. The Morgan fingerprint density at radius 2 is 1.85 bits per heavy atom. The number of aryl methyl sites for hydroxylation is 1. The lowest BCUT2D eigenvalue weighted by Gasteiger charge is -2.35. The van der Waals surface area contributed by atoms with E-state index in [9.17, 15) is 4.79 Å². The van der Waals surface area contributed by atoms with Crippen LogP contribution < -0.4 is 5.73 Å². The van der Waals surface area contributed by atoms with Crippen molar-refractivity contribution in [3.05, 3.63) is 35.4 Å². The molecule has 3 nitrogen and oxygen atoms in total. The highest BCUT2D eigenvalue weighted by Gasteiger charge is 2.42. The highest BCUT2D eigenvalue weighted by Crippen LogP contribution is 2.40. The molecule has 1 atom stereocenters. The Hall–Kier alpha value is -1.35. The predicted octanol–water partition coefficient (Wildman–Crippen LogP) is 3.03. The van der Waals surface area contributed by atoms with Crippen molar-refractivity contribution >= 4 is 5.91 Å². The highest BCUT2D eigenvalue weighted by atomic mass is 16.2. The van der Waals surface area contributed by atoms with Crippen LogP contribution in [0.3, 0.4) is 0 Å². The smallest absolute Gasteiger partial charge is 0.230 e. The number of nitrogens with zero attached hydrogens (tertiary/aromatic N) is 1. The van der Waals surface area contributed by atoms with E-state index in [0.717, 1.165) is 25.7 Å². The molecule has 1 aliphatic rings. The van der Waals surface area contributed by atoms with Gasteiger partial charge in [0, 0.05) is 13.6 Å². The second-order valence-corrected chi connectivity index (χ2v) is 6.19. The third-order valence-electron chi connectivity index (χ3n) is 4.87. The van der Waals surface area contributed by atoms with Crippen molar-refractivity contribution in [1.82, 2.24) is 4.90 Å². The maximum absolute atomic E-state index is 12.8. The van der Waals surface area contributed by atoms with Gasteiger partial charge in [-0.1, -0.05) is 42.7 Å². The van der Waals surface area contributed by atoms with Crippen LogP contribution in [0.4, 0.5) is 0 Å². The van der Waals surface area contributed by atoms with Crippen LogP contribution in [0.1, 0.15) is 49.8 Å². The molecule has 0 saturated heterocycles. The van der Waals surface area contributed by atoms with Crippen molar-refractivity contribution < 1.29 is 4.79 Å². The van der Waals surface area contributed by atoms with Crippen LogP contribution in [0.15, 0.2) is 24.3 Å². The summed E-state index contributed by atoms with van der Waals surface area (Å²) >= 11 is 0. The fourth-order valence-corrected chi connectivity index (χ4v) is 3.18. The third-order valence-corrected chi connectivity index (χ3v) is 4.87. The fourth-order valence-electron chi connectivity index (χ4n) is 3.18. The first kappa shape index (κ1) is 15.0. The van der Waals surface area contributed by atoms with Crippen LogP contribution in [0.5, 0.6) is 0 Å². The second-order valence-electron chi connectivity index (χ2n) is 6.19. The molecule has 1 aromatic carbocycles. The van der Waals surface area contributed by atoms with Crippen LogP contribution in [0.25, 0.3) is 0 Å². The molecule has 0 bridgehead atoms. The summed E-state index contributed by atoms with van der Waals surface area (Å²) in [5, 5.41) is 0. The zero-order valence-electron chi connectivity index (χ0n) is 12.9. The van der Waals surface area contributed by atoms with Crippen molar-refractivity contribution in [2.45, 2.75) is 45.6 Å². The lowest BCUT2D eigenvalue weighted by atomic mass is 9.84. The van der Waals surface area contributed by atoms with E-state index in [1.54, 1.807) is 0 Å². The largest absolute Gasteiger partial charge is 0.338 e. The second kappa shape index (κ2) is 5.96. The first-order chi connectivity index (χ1) is 9.50. The van der Waals surface area contributed by atoms with Crippen molar-refractivity contribution in [1.29, 1.82) is 0 Å². The van der Waals surface area contributed by atoms with Gasteiger partial charge in [-0.15, -0.1) is 0 Å². The van der Waals surface area contributed by atoms with Crippen molar-refractivity contribution in [3.63, 3.8) is 0 Å². The topological polar surface area (TPSA) is 46.3 Å². The molecule has 110 valence electrons. The Labute approximate surface area is 122 Å². The van der Waals surface area contributed by atoms with Gasteiger partial charge in [-0.2, -0.15) is 0 Å². The van der Waals surface area contributed by atoms with Gasteiger partial charge in [0.25, 0.3) is 0 Å². The van der Waals surface area contributed by atoms with Crippen LogP contribution in [-0.4, -0.2) is 24.4 Å². The minimum absolute atomic E-state index is 0.0899. The van der Waals surface area contributed by atoms with Crippen molar-refractivity contribution in [3.8, 4) is 0 Å². The van der Waals surface area contributed by atoms with Gasteiger partial charge >= 0.3 is 0 Å². The minimum atomic E-state index is -0.312. The molecule has 1 unspecified atom stereocenters. The summed E-state index contributed by atoms with van der Waals surface area (Å²) in [7, 11) is 1.91. The number of carbonyl (C=O) groups excluding carboxylic acids is 1. The maximum atomic E-state index is 12.8. The molecule has 1 fully saturated rings. The van der Waals surface area contributed by atoms with Gasteiger partial charge in [-0.25, -0.2) is 0 Å². The summed E-state index contributed by atoms with van der Waals surface area (Å²) < 4.78 is 0. The van der Waals surface area contributed by atoms with Gasteiger partial charge in [0.05, 0.1) is 11.5 Å². The molecule has 2 rings (SSSR count). The minimum Gasteiger partial charge on any atom is -0.338 e. The van der Waals surface area contributed by atoms with Crippen LogP contribution >= 0.6 is 0 Å². The summed E-state index contributed by atoms with van der Waals surface area (Å²) in [5.74, 6) is 0.213. The van der Waals surface area contributed by atoms with Crippen LogP contribution in [-0.2, 0) is 4.79 Å². The van der Waals surface area contributed by atoms with E-state index >= 15 is 0 Å². The molecule has 1 aliphatic carbocycles. The average Bonchev–Trinajstić information content (AvgIpc) is 2.96. The summed E-state index contributed by atoms with van der Waals surface area (Å²) in [5.41, 5.74) is 8.02. The lowest BCUT2D eigenvalue weighted by molar-refractivity contribution is -0.142. The van der Waals surface area contributed by atoms with Gasteiger partial charge in [0.2, 0.25) is 5.91 Å². The Morgan fingerprint density at radius 3 is 2.35 bits per heavy atom. The molecule has 0 radical (unpaired) electrons. The molecule has 1 aromatic rings. The monoisotopic (exact) mass is 274 g/mol. The molecule has 1 amide bonds. The van der Waals surface area contributed by atoms with E-state index in [0.29, 0.717) is 6.54 Å². The number of hydrogen-bond acceptors (Lipinski definition) is 2. The molecule has 20 heavy (non-hydrogen) atoms. The Morgan fingerprint density at radius 1 is 1.30 bits per heavy atom. The average molecular weight is 274 g/mol. The van der Waals surface area contributed by atoms with Gasteiger partial charge in [0.15, 0.2) is 0 Å². The normalized spacial score (nSPS) is 18.8. The van der Waals surface area contributed by atoms with E-state index in [1.165, 1.54) is 11.1 Å². The molecule has 0 heterocycles. The van der Waals surface area contributed by atoms with E-state index in [-0.39, 0.29) is 17.4 Å². The van der Waals surface area contributed by atoms with E-state index in [2.05, 4.69) is 38.1 Å². The van der Waals surface area contributed by atoms with Crippen LogP contribution in [0, 0.1) is 12.3 Å². The molecule has 2 N–H and O–H groups in total. The summed E-state index contributed by atoms with van der Waals surface area (Å²) in [6, 6.07) is 8.49. The van der Waals surface area contributed by atoms with Crippen molar-refractivity contribution in [2.24, 2.45) is 11.1 Å². The standard InChI is InChI=1S/C17H26N2O/c1-13-6-8-15(9-7-13)14(2)19(3)16(20)17(12-18)10-4-5-11-17/h6-9,14H,4-5,10-12,18H2,1-3H3. The number of benzene rings is 1. The molecular formula is C17H26N2O. The van der Waals surface area contributed by atoms with Gasteiger partial charge in [0.1, 0.15) is 0 Å². The molecule has 0 spiro atoms. The Bertz CT molecular complexity index is 460. The van der Waals surface area contributed by atoms with Crippen molar-refractivity contribution in [2.75, 3.05) is 13.6 Å². The number of carbonyl (C=O) groups is 1.